The number of carbonyl (C=O) groups is 1. The Morgan fingerprint density at radius 2 is 1.48 bits per heavy atom. The fraction of sp³-hybridized carbons (Fsp3) is 0.167. The van der Waals surface area contributed by atoms with Crippen molar-refractivity contribution in [3.05, 3.63) is 107 Å². The molecule has 1 heterocycles. The van der Waals surface area contributed by atoms with Crippen LogP contribution in [0.25, 0.3) is 0 Å². The number of rotatable bonds is 6. The average Bonchev–Trinajstić information content (AvgIpc) is 2.96. The van der Waals surface area contributed by atoms with Crippen molar-refractivity contribution in [1.29, 1.82) is 0 Å². The van der Waals surface area contributed by atoms with E-state index in [1.54, 1.807) is 24.3 Å². The second kappa shape index (κ2) is 9.01. The molecule has 1 aliphatic rings. The van der Waals surface area contributed by atoms with Crippen LogP contribution in [0.1, 0.15) is 21.9 Å². The van der Waals surface area contributed by atoms with E-state index in [0.29, 0.717) is 24.1 Å². The zero-order chi connectivity index (χ0) is 21.8. The molecular formula is C24H23FN2O3S. The zero-order valence-electron chi connectivity index (χ0n) is 16.8. The van der Waals surface area contributed by atoms with Crippen LogP contribution in [-0.2, 0) is 17.8 Å². The first-order chi connectivity index (χ1) is 15.0. The maximum absolute atomic E-state index is 13.3. The summed E-state index contributed by atoms with van der Waals surface area (Å²) >= 11 is 0. The van der Waals surface area contributed by atoms with Gasteiger partial charge >= 0.3 is 0 Å². The molecule has 3 aromatic rings. The molecule has 160 valence electrons. The van der Waals surface area contributed by atoms with Gasteiger partial charge in [-0.25, -0.2) is 8.70 Å². The molecule has 1 aliphatic heterocycles. The molecule has 5 nitrogen and oxygen atoms in total. The van der Waals surface area contributed by atoms with E-state index >= 15 is 0 Å². The van der Waals surface area contributed by atoms with Crippen molar-refractivity contribution in [1.82, 2.24) is 4.31 Å². The highest BCUT2D eigenvalue weighted by molar-refractivity contribution is 8.24. The van der Waals surface area contributed by atoms with Gasteiger partial charge in [0.15, 0.2) is 0 Å². The minimum absolute atomic E-state index is 0.0392. The lowest BCUT2D eigenvalue weighted by Crippen LogP contribution is -2.28. The fourth-order valence-corrected chi connectivity index (χ4v) is 5.56. The zero-order valence-corrected chi connectivity index (χ0v) is 17.6. The maximum atomic E-state index is 13.3. The molecule has 0 spiro atoms. The number of hydrogen-bond acceptors (Lipinski definition) is 4. The van der Waals surface area contributed by atoms with E-state index < -0.39 is 27.8 Å². The first kappa shape index (κ1) is 21.2. The Kier molecular flexibility index (Phi) is 6.18. The SMILES string of the molecule is O=C1C(=NCCc2ccccc2)C(c2ccccc2)S(O)(O)N1Cc1ccc(F)cc1. The molecule has 3 aromatic carbocycles. The third kappa shape index (κ3) is 4.54. The number of hydrogen-bond donors (Lipinski definition) is 2. The Labute approximate surface area is 182 Å². The summed E-state index contributed by atoms with van der Waals surface area (Å²) in [5.41, 5.74) is 2.45. The minimum Gasteiger partial charge on any atom is -0.281 e. The molecule has 2 N–H and O–H groups in total. The number of aliphatic imine (C=N–C) groups is 1. The minimum atomic E-state index is -3.52. The highest BCUT2D eigenvalue weighted by Crippen LogP contribution is 2.62. The highest BCUT2D eigenvalue weighted by atomic mass is 32.3. The summed E-state index contributed by atoms with van der Waals surface area (Å²) in [5.74, 6) is -0.903. The first-order valence-corrected chi connectivity index (χ1v) is 11.5. The molecule has 0 aromatic heterocycles. The van der Waals surface area contributed by atoms with E-state index in [4.69, 9.17) is 0 Å². The van der Waals surface area contributed by atoms with Gasteiger partial charge in [-0.05, 0) is 35.2 Å². The third-order valence-corrected chi connectivity index (χ3v) is 7.27. The topological polar surface area (TPSA) is 73.1 Å². The number of nitrogens with zero attached hydrogens (tertiary/aromatic N) is 2. The molecule has 1 amide bonds. The summed E-state index contributed by atoms with van der Waals surface area (Å²) in [6.07, 6.45) is 0.635. The monoisotopic (exact) mass is 438 g/mol. The van der Waals surface area contributed by atoms with Crippen molar-refractivity contribution in [2.75, 3.05) is 6.54 Å². The number of halogens is 1. The highest BCUT2D eigenvalue weighted by Gasteiger charge is 2.50. The largest absolute Gasteiger partial charge is 0.288 e. The van der Waals surface area contributed by atoms with E-state index in [1.165, 1.54) is 24.3 Å². The van der Waals surface area contributed by atoms with Gasteiger partial charge in [-0.2, -0.15) is 0 Å². The number of carbonyl (C=O) groups excluding carboxylic acids is 1. The predicted molar refractivity (Wildman–Crippen MR) is 121 cm³/mol. The summed E-state index contributed by atoms with van der Waals surface area (Å²) in [7, 11) is -3.52. The van der Waals surface area contributed by atoms with Gasteiger partial charge in [0.1, 0.15) is 16.8 Å². The molecule has 0 saturated carbocycles. The van der Waals surface area contributed by atoms with Crippen molar-refractivity contribution in [3.8, 4) is 0 Å². The number of benzene rings is 3. The lowest BCUT2D eigenvalue weighted by molar-refractivity contribution is -0.119. The lowest BCUT2D eigenvalue weighted by atomic mass is 10.1. The van der Waals surface area contributed by atoms with Gasteiger partial charge < -0.3 is 0 Å². The van der Waals surface area contributed by atoms with Gasteiger partial charge in [0.2, 0.25) is 0 Å². The molecule has 4 rings (SSSR count). The number of amides is 1. The lowest BCUT2D eigenvalue weighted by Gasteiger charge is -2.40. The first-order valence-electron chi connectivity index (χ1n) is 9.93. The Bertz CT molecular complexity index is 1070. The third-order valence-electron chi connectivity index (χ3n) is 5.20. The fourth-order valence-electron chi connectivity index (χ4n) is 3.63. The van der Waals surface area contributed by atoms with Crippen LogP contribution in [0.2, 0.25) is 0 Å². The Morgan fingerprint density at radius 1 is 0.871 bits per heavy atom. The molecule has 1 atom stereocenters. The van der Waals surface area contributed by atoms with Crippen LogP contribution in [0.4, 0.5) is 4.39 Å². The van der Waals surface area contributed by atoms with E-state index in [0.717, 1.165) is 9.87 Å². The van der Waals surface area contributed by atoms with Gasteiger partial charge in [0, 0.05) is 6.54 Å². The van der Waals surface area contributed by atoms with E-state index in [-0.39, 0.29) is 12.3 Å². The quantitative estimate of drug-likeness (QED) is 0.551. The smallest absolute Gasteiger partial charge is 0.281 e. The van der Waals surface area contributed by atoms with Crippen molar-refractivity contribution >= 4 is 22.4 Å². The molecular weight excluding hydrogens is 415 g/mol. The summed E-state index contributed by atoms with van der Waals surface area (Å²) in [4.78, 5) is 17.8. The molecule has 1 saturated heterocycles. The van der Waals surface area contributed by atoms with E-state index in [2.05, 4.69) is 4.99 Å². The Balaban J connectivity index is 1.66. The van der Waals surface area contributed by atoms with Crippen LogP contribution in [0.3, 0.4) is 0 Å². The normalized spacial score (nSPS) is 20.2. The maximum Gasteiger partial charge on any atom is 0.288 e. The second-order valence-electron chi connectivity index (χ2n) is 7.32. The summed E-state index contributed by atoms with van der Waals surface area (Å²) < 4.78 is 36.6. The van der Waals surface area contributed by atoms with Crippen LogP contribution in [0.5, 0.6) is 0 Å². The molecule has 31 heavy (non-hydrogen) atoms. The molecule has 0 aliphatic carbocycles. The standard InChI is InChI=1S/C24H23FN2O3S/c25-21-13-11-19(12-14-21)17-27-24(28)22(26-16-15-18-7-3-1-4-8-18)23(31(27,29)30)20-9-5-2-6-10-20/h1-14,23,29-30H,15-17H2. The van der Waals surface area contributed by atoms with Gasteiger partial charge in [0.05, 0.1) is 6.54 Å². The molecule has 1 fully saturated rings. The van der Waals surface area contributed by atoms with Gasteiger partial charge in [-0.3, -0.25) is 18.9 Å². The van der Waals surface area contributed by atoms with Crippen molar-refractivity contribution in [3.63, 3.8) is 0 Å². The van der Waals surface area contributed by atoms with Gasteiger partial charge in [-0.1, -0.05) is 72.8 Å². The van der Waals surface area contributed by atoms with Crippen molar-refractivity contribution < 1.29 is 18.3 Å². The second-order valence-corrected chi connectivity index (χ2v) is 9.36. The summed E-state index contributed by atoms with van der Waals surface area (Å²) in [6.45, 7) is 0.316. The predicted octanol–water partition coefficient (Wildman–Crippen LogP) is 5.26. The van der Waals surface area contributed by atoms with Crippen LogP contribution < -0.4 is 0 Å². The van der Waals surface area contributed by atoms with Gasteiger partial charge in [-0.15, -0.1) is 10.8 Å². The van der Waals surface area contributed by atoms with Crippen molar-refractivity contribution in [2.45, 2.75) is 18.2 Å². The molecule has 0 bridgehead atoms. The molecule has 7 heteroatoms. The van der Waals surface area contributed by atoms with E-state index in [9.17, 15) is 18.3 Å². The van der Waals surface area contributed by atoms with Gasteiger partial charge in [0.25, 0.3) is 5.91 Å². The molecule has 0 radical (unpaired) electrons. The van der Waals surface area contributed by atoms with E-state index in [1.807, 2.05) is 36.4 Å². The van der Waals surface area contributed by atoms with Crippen LogP contribution in [-0.4, -0.2) is 31.6 Å². The summed E-state index contributed by atoms with van der Waals surface area (Å²) in [6, 6.07) is 24.3. The molecule has 1 unspecified atom stereocenters. The Hall–Kier alpha value is -3.00. The van der Waals surface area contributed by atoms with Crippen LogP contribution in [0, 0.1) is 5.82 Å². The Morgan fingerprint density at radius 3 is 2.13 bits per heavy atom. The van der Waals surface area contributed by atoms with Crippen molar-refractivity contribution in [2.24, 2.45) is 4.99 Å². The average molecular weight is 439 g/mol. The van der Waals surface area contributed by atoms with Crippen LogP contribution >= 0.6 is 10.8 Å². The summed E-state index contributed by atoms with van der Waals surface area (Å²) in [5, 5.41) is -0.933. The van der Waals surface area contributed by atoms with Crippen LogP contribution in [0.15, 0.2) is 89.9 Å².